The van der Waals surface area contributed by atoms with Crippen LogP contribution in [0.4, 0.5) is 0 Å². The van der Waals surface area contributed by atoms with Gasteiger partial charge in [-0.25, -0.2) is 4.98 Å². The highest BCUT2D eigenvalue weighted by Crippen LogP contribution is 2.30. The standard InChI is InChI=1S/C13H18N4O3/c1-3-20-10-6-8(4-5-9(10)19-2)12(14)13-15-11(7-18)16-17-13/h4-6,12,18H,3,7,14H2,1-2H3,(H,15,16,17)/t12-/m1/s1. The van der Waals surface area contributed by atoms with Crippen LogP contribution >= 0.6 is 0 Å². The van der Waals surface area contributed by atoms with E-state index in [0.717, 1.165) is 5.56 Å². The first-order valence-electron chi connectivity index (χ1n) is 6.28. The van der Waals surface area contributed by atoms with E-state index in [1.807, 2.05) is 19.1 Å². The van der Waals surface area contributed by atoms with Crippen molar-refractivity contribution in [2.45, 2.75) is 19.6 Å². The molecule has 1 atom stereocenters. The molecule has 0 amide bonds. The summed E-state index contributed by atoms with van der Waals surface area (Å²) in [6.45, 7) is 2.23. The van der Waals surface area contributed by atoms with Crippen molar-refractivity contribution in [3.05, 3.63) is 35.4 Å². The van der Waals surface area contributed by atoms with Gasteiger partial charge in [0.25, 0.3) is 0 Å². The van der Waals surface area contributed by atoms with Crippen LogP contribution in [0, 0.1) is 0 Å². The van der Waals surface area contributed by atoms with Gasteiger partial charge < -0.3 is 20.3 Å². The third-order valence-corrected chi connectivity index (χ3v) is 2.82. The summed E-state index contributed by atoms with van der Waals surface area (Å²) in [5.41, 5.74) is 6.92. The van der Waals surface area contributed by atoms with Gasteiger partial charge in [-0.15, -0.1) is 0 Å². The Bertz CT molecular complexity index is 570. The van der Waals surface area contributed by atoms with Crippen LogP contribution in [0.15, 0.2) is 18.2 Å². The Morgan fingerprint density at radius 2 is 2.20 bits per heavy atom. The van der Waals surface area contributed by atoms with Gasteiger partial charge in [0, 0.05) is 0 Å². The molecule has 0 unspecified atom stereocenters. The van der Waals surface area contributed by atoms with Crippen molar-refractivity contribution in [2.24, 2.45) is 5.73 Å². The molecule has 7 heteroatoms. The summed E-state index contributed by atoms with van der Waals surface area (Å²) in [5, 5.41) is 15.6. The van der Waals surface area contributed by atoms with Crippen molar-refractivity contribution in [1.82, 2.24) is 15.2 Å². The average molecular weight is 278 g/mol. The second-order valence-corrected chi connectivity index (χ2v) is 4.12. The Kier molecular flexibility index (Phi) is 4.54. The van der Waals surface area contributed by atoms with Crippen LogP contribution in [0.5, 0.6) is 11.5 Å². The fourth-order valence-electron chi connectivity index (χ4n) is 1.82. The van der Waals surface area contributed by atoms with E-state index in [1.54, 1.807) is 13.2 Å². The third-order valence-electron chi connectivity index (χ3n) is 2.82. The number of hydrogen-bond acceptors (Lipinski definition) is 6. The summed E-state index contributed by atoms with van der Waals surface area (Å²) in [7, 11) is 1.58. The van der Waals surface area contributed by atoms with E-state index in [9.17, 15) is 0 Å². The number of H-pyrrole nitrogens is 1. The molecule has 1 aromatic heterocycles. The molecule has 2 rings (SSSR count). The lowest BCUT2D eigenvalue weighted by Gasteiger charge is -2.13. The van der Waals surface area contributed by atoms with Crippen molar-refractivity contribution in [3.63, 3.8) is 0 Å². The summed E-state index contributed by atoms with van der Waals surface area (Å²) in [4.78, 5) is 4.11. The van der Waals surface area contributed by atoms with Gasteiger partial charge in [0.05, 0.1) is 19.8 Å². The maximum atomic E-state index is 8.97. The molecule has 20 heavy (non-hydrogen) atoms. The second kappa shape index (κ2) is 6.36. The summed E-state index contributed by atoms with van der Waals surface area (Å²) < 4.78 is 10.7. The SMILES string of the molecule is CCOc1cc([C@@H](N)c2n[nH]c(CO)n2)ccc1OC. The first-order chi connectivity index (χ1) is 9.69. The van der Waals surface area contributed by atoms with Gasteiger partial charge in [0.15, 0.2) is 17.3 Å². The number of rotatable bonds is 6. The van der Waals surface area contributed by atoms with Crippen molar-refractivity contribution in [3.8, 4) is 11.5 Å². The number of nitrogens with zero attached hydrogens (tertiary/aromatic N) is 2. The van der Waals surface area contributed by atoms with Crippen LogP contribution in [0.1, 0.15) is 30.2 Å². The number of nitrogens with two attached hydrogens (primary N) is 1. The molecule has 0 fully saturated rings. The zero-order valence-electron chi connectivity index (χ0n) is 11.5. The topological polar surface area (TPSA) is 106 Å². The molecule has 1 heterocycles. The van der Waals surface area contributed by atoms with Gasteiger partial charge >= 0.3 is 0 Å². The molecule has 108 valence electrons. The van der Waals surface area contributed by atoms with E-state index in [2.05, 4.69) is 15.2 Å². The number of aliphatic hydroxyl groups excluding tert-OH is 1. The summed E-state index contributed by atoms with van der Waals surface area (Å²) in [6.07, 6.45) is 0. The number of methoxy groups -OCH3 is 1. The van der Waals surface area contributed by atoms with Gasteiger partial charge in [-0.1, -0.05) is 6.07 Å². The zero-order valence-corrected chi connectivity index (χ0v) is 11.5. The van der Waals surface area contributed by atoms with Crippen molar-refractivity contribution in [2.75, 3.05) is 13.7 Å². The van der Waals surface area contributed by atoms with Crippen LogP contribution in [-0.2, 0) is 6.61 Å². The molecule has 0 saturated carbocycles. The zero-order chi connectivity index (χ0) is 14.5. The quantitative estimate of drug-likeness (QED) is 0.720. The maximum absolute atomic E-state index is 8.97. The fraction of sp³-hybridized carbons (Fsp3) is 0.385. The van der Waals surface area contributed by atoms with E-state index in [4.69, 9.17) is 20.3 Å². The number of hydrogen-bond donors (Lipinski definition) is 3. The number of aromatic nitrogens is 3. The number of benzene rings is 1. The normalized spacial score (nSPS) is 12.2. The Morgan fingerprint density at radius 3 is 2.80 bits per heavy atom. The van der Waals surface area contributed by atoms with E-state index in [1.165, 1.54) is 0 Å². The lowest BCUT2D eigenvalue weighted by Crippen LogP contribution is -2.14. The fourth-order valence-corrected chi connectivity index (χ4v) is 1.82. The minimum Gasteiger partial charge on any atom is -0.493 e. The Balaban J connectivity index is 2.29. The van der Waals surface area contributed by atoms with Crippen LogP contribution in [0.2, 0.25) is 0 Å². The molecule has 0 spiro atoms. The highest BCUT2D eigenvalue weighted by Gasteiger charge is 2.16. The smallest absolute Gasteiger partial charge is 0.171 e. The molecule has 0 radical (unpaired) electrons. The summed E-state index contributed by atoms with van der Waals surface area (Å²) in [5.74, 6) is 2.07. The first kappa shape index (κ1) is 14.3. The van der Waals surface area contributed by atoms with Crippen LogP contribution < -0.4 is 15.2 Å². The number of aromatic amines is 1. The lowest BCUT2D eigenvalue weighted by molar-refractivity contribution is 0.271. The number of aliphatic hydroxyl groups is 1. The van der Waals surface area contributed by atoms with Crippen molar-refractivity contribution in [1.29, 1.82) is 0 Å². The van der Waals surface area contributed by atoms with Crippen molar-refractivity contribution >= 4 is 0 Å². The molecule has 0 aliphatic rings. The molecule has 0 bridgehead atoms. The average Bonchev–Trinajstić information content (AvgIpc) is 2.95. The van der Waals surface area contributed by atoms with Gasteiger partial charge in [-0.05, 0) is 24.6 Å². The Morgan fingerprint density at radius 1 is 1.40 bits per heavy atom. The highest BCUT2D eigenvalue weighted by molar-refractivity contribution is 5.44. The second-order valence-electron chi connectivity index (χ2n) is 4.12. The largest absolute Gasteiger partial charge is 0.493 e. The molecular weight excluding hydrogens is 260 g/mol. The minimum atomic E-state index is -0.503. The monoisotopic (exact) mass is 278 g/mol. The first-order valence-corrected chi connectivity index (χ1v) is 6.28. The van der Waals surface area contributed by atoms with Crippen LogP contribution in [0.3, 0.4) is 0 Å². The van der Waals surface area contributed by atoms with Crippen molar-refractivity contribution < 1.29 is 14.6 Å². The van der Waals surface area contributed by atoms with Crippen LogP contribution in [-0.4, -0.2) is 34.0 Å². The number of ether oxygens (including phenoxy) is 2. The van der Waals surface area contributed by atoms with Gasteiger partial charge in [0.2, 0.25) is 0 Å². The summed E-state index contributed by atoms with van der Waals surface area (Å²) in [6, 6.07) is 4.93. The predicted molar refractivity (Wildman–Crippen MR) is 72.5 cm³/mol. The van der Waals surface area contributed by atoms with E-state index >= 15 is 0 Å². The molecule has 0 aliphatic carbocycles. The van der Waals surface area contributed by atoms with E-state index in [-0.39, 0.29) is 6.61 Å². The Labute approximate surface area is 116 Å². The molecule has 0 aliphatic heterocycles. The molecule has 4 N–H and O–H groups in total. The molecule has 1 aromatic carbocycles. The molecule has 7 nitrogen and oxygen atoms in total. The third kappa shape index (κ3) is 2.89. The van der Waals surface area contributed by atoms with E-state index < -0.39 is 6.04 Å². The maximum Gasteiger partial charge on any atom is 0.171 e. The molecular formula is C13H18N4O3. The lowest BCUT2D eigenvalue weighted by atomic mass is 10.1. The van der Waals surface area contributed by atoms with Gasteiger partial charge in [-0.2, -0.15) is 5.10 Å². The minimum absolute atomic E-state index is 0.202. The summed E-state index contributed by atoms with van der Waals surface area (Å²) >= 11 is 0. The molecule has 0 saturated heterocycles. The van der Waals surface area contributed by atoms with Crippen LogP contribution in [0.25, 0.3) is 0 Å². The Hall–Kier alpha value is -2.12. The predicted octanol–water partition coefficient (Wildman–Crippen LogP) is 0.752. The highest BCUT2D eigenvalue weighted by atomic mass is 16.5. The van der Waals surface area contributed by atoms with Gasteiger partial charge in [0.1, 0.15) is 12.4 Å². The molecule has 2 aromatic rings. The number of nitrogens with one attached hydrogen (secondary N) is 1. The van der Waals surface area contributed by atoms with E-state index in [0.29, 0.717) is 29.8 Å². The van der Waals surface area contributed by atoms with Gasteiger partial charge in [-0.3, -0.25) is 5.10 Å².